The third-order valence-corrected chi connectivity index (χ3v) is 7.45. The van der Waals surface area contributed by atoms with Crippen molar-refractivity contribution >= 4 is 28.8 Å². The molecule has 1 unspecified atom stereocenters. The highest BCUT2D eigenvalue weighted by Crippen LogP contribution is 2.33. The van der Waals surface area contributed by atoms with Crippen LogP contribution in [0.25, 0.3) is 10.9 Å². The Morgan fingerprint density at radius 1 is 1.27 bits per heavy atom. The second kappa shape index (κ2) is 8.35. The van der Waals surface area contributed by atoms with Crippen LogP contribution in [0, 0.1) is 12.7 Å². The van der Waals surface area contributed by atoms with Gasteiger partial charge in [0.1, 0.15) is 11.5 Å². The van der Waals surface area contributed by atoms with Gasteiger partial charge in [0.05, 0.1) is 30.0 Å². The van der Waals surface area contributed by atoms with E-state index in [-0.39, 0.29) is 24.3 Å². The van der Waals surface area contributed by atoms with E-state index in [1.165, 1.54) is 11.8 Å². The Bertz CT molecular complexity index is 1350. The quantitative estimate of drug-likeness (QED) is 0.455. The Labute approximate surface area is 195 Å². The van der Waals surface area contributed by atoms with Gasteiger partial charge in [0.15, 0.2) is 0 Å². The summed E-state index contributed by atoms with van der Waals surface area (Å²) in [5.74, 6) is -0.597. The number of aryl methyl sites for hydroxylation is 1. The van der Waals surface area contributed by atoms with Crippen LogP contribution in [0.15, 0.2) is 41.6 Å². The van der Waals surface area contributed by atoms with Gasteiger partial charge < -0.3 is 9.88 Å². The fourth-order valence-electron chi connectivity index (χ4n) is 4.42. The van der Waals surface area contributed by atoms with Gasteiger partial charge in [0, 0.05) is 54.9 Å². The molecular weight excluding hydrogens is 441 g/mol. The second-order valence-electron chi connectivity index (χ2n) is 8.48. The summed E-state index contributed by atoms with van der Waals surface area (Å²) in [7, 11) is 3.65. The van der Waals surface area contributed by atoms with Gasteiger partial charge in [-0.3, -0.25) is 14.2 Å². The molecule has 8 nitrogen and oxygen atoms in total. The highest BCUT2D eigenvalue weighted by Gasteiger charge is 2.25. The Kier molecular flexibility index (Phi) is 5.49. The molecule has 0 aliphatic carbocycles. The highest BCUT2D eigenvalue weighted by atomic mass is 32.2. The number of rotatable bonds is 5. The molecule has 1 aromatic carbocycles. The van der Waals surface area contributed by atoms with Crippen LogP contribution in [0.3, 0.4) is 0 Å². The monoisotopic (exact) mass is 467 g/mol. The predicted molar refractivity (Wildman–Crippen MR) is 125 cm³/mol. The maximum absolute atomic E-state index is 14.5. The van der Waals surface area contributed by atoms with E-state index in [9.17, 15) is 9.18 Å². The first-order valence-electron chi connectivity index (χ1n) is 10.8. The van der Waals surface area contributed by atoms with E-state index in [1.807, 2.05) is 36.9 Å². The average molecular weight is 468 g/mol. The first-order chi connectivity index (χ1) is 15.8. The van der Waals surface area contributed by atoms with E-state index in [0.717, 1.165) is 29.1 Å². The molecule has 10 heteroatoms. The van der Waals surface area contributed by atoms with Gasteiger partial charge in [-0.25, -0.2) is 8.70 Å². The molecule has 4 heterocycles. The molecule has 1 amide bonds. The molecule has 172 valence electrons. The fraction of sp³-hybridized carbons (Fsp3) is 0.348. The van der Waals surface area contributed by atoms with Crippen molar-refractivity contribution in [2.45, 2.75) is 37.9 Å². The third-order valence-electron chi connectivity index (χ3n) is 6.30. The van der Waals surface area contributed by atoms with E-state index in [1.54, 1.807) is 35.9 Å². The summed E-state index contributed by atoms with van der Waals surface area (Å²) in [5, 5.41) is 12.3. The lowest BCUT2D eigenvalue weighted by Crippen LogP contribution is -2.32. The number of halogens is 1. The molecule has 0 spiro atoms. The Hall–Kier alpha value is -3.11. The number of fused-ring (bicyclic) bond motifs is 2. The lowest BCUT2D eigenvalue weighted by Gasteiger charge is -2.30. The number of carbonyl (C=O) groups excluding carboxylic acids is 1. The van der Waals surface area contributed by atoms with Crippen LogP contribution in [0.4, 0.5) is 4.39 Å². The molecule has 33 heavy (non-hydrogen) atoms. The lowest BCUT2D eigenvalue weighted by molar-refractivity contribution is 0.0942. The smallest absolute Gasteiger partial charge is 0.268 e. The molecule has 0 radical (unpaired) electrons. The standard InChI is InChI=1S/C23H26FN7OS/c1-14-12-30(13-17-7-8-26-31(14)17)33-21-9-20(28(3)15(21)2)23(32)25-11-18-19(24)6-5-16-10-27-29(4)22(16)18/h5-10,14H,11-13H2,1-4H3,(H,25,32). The number of nitrogens with zero attached hydrogens (tertiary/aromatic N) is 6. The highest BCUT2D eigenvalue weighted by molar-refractivity contribution is 7.97. The van der Waals surface area contributed by atoms with Crippen molar-refractivity contribution in [1.82, 2.24) is 33.8 Å². The van der Waals surface area contributed by atoms with E-state index in [4.69, 9.17) is 0 Å². The Morgan fingerprint density at radius 2 is 2.09 bits per heavy atom. The molecule has 0 saturated carbocycles. The van der Waals surface area contributed by atoms with E-state index >= 15 is 0 Å². The maximum atomic E-state index is 14.5. The molecule has 0 bridgehead atoms. The minimum absolute atomic E-state index is 0.0852. The zero-order valence-electron chi connectivity index (χ0n) is 19.0. The van der Waals surface area contributed by atoms with Gasteiger partial charge in [-0.05, 0) is 50.1 Å². The molecule has 0 saturated heterocycles. The van der Waals surface area contributed by atoms with Crippen molar-refractivity contribution in [3.63, 3.8) is 0 Å². The Balaban J connectivity index is 1.33. The number of aromatic nitrogens is 5. The van der Waals surface area contributed by atoms with Crippen molar-refractivity contribution < 1.29 is 9.18 Å². The van der Waals surface area contributed by atoms with Crippen LogP contribution in [0.1, 0.15) is 40.4 Å². The van der Waals surface area contributed by atoms with Crippen molar-refractivity contribution in [2.75, 3.05) is 6.54 Å². The number of hydrogen-bond acceptors (Lipinski definition) is 5. The number of carbonyl (C=O) groups is 1. The summed E-state index contributed by atoms with van der Waals surface area (Å²) >= 11 is 1.66. The maximum Gasteiger partial charge on any atom is 0.268 e. The summed E-state index contributed by atoms with van der Waals surface area (Å²) in [6.45, 7) is 5.90. The predicted octanol–water partition coefficient (Wildman–Crippen LogP) is 3.57. The van der Waals surface area contributed by atoms with Gasteiger partial charge in [-0.2, -0.15) is 10.2 Å². The topological polar surface area (TPSA) is 72.9 Å². The Morgan fingerprint density at radius 3 is 2.91 bits per heavy atom. The minimum atomic E-state index is -0.357. The molecule has 1 aliphatic heterocycles. The van der Waals surface area contributed by atoms with Crippen LogP contribution >= 0.6 is 11.9 Å². The number of amides is 1. The van der Waals surface area contributed by atoms with Gasteiger partial charge in [-0.15, -0.1) is 0 Å². The van der Waals surface area contributed by atoms with E-state index in [0.29, 0.717) is 16.8 Å². The minimum Gasteiger partial charge on any atom is -0.346 e. The largest absolute Gasteiger partial charge is 0.346 e. The molecule has 5 rings (SSSR count). The zero-order chi connectivity index (χ0) is 23.3. The van der Waals surface area contributed by atoms with Gasteiger partial charge in [-0.1, -0.05) is 0 Å². The van der Waals surface area contributed by atoms with Crippen LogP contribution in [0.2, 0.25) is 0 Å². The average Bonchev–Trinajstić information content (AvgIpc) is 3.48. The van der Waals surface area contributed by atoms with Crippen LogP contribution < -0.4 is 5.32 Å². The summed E-state index contributed by atoms with van der Waals surface area (Å²) in [6.07, 6.45) is 3.53. The van der Waals surface area contributed by atoms with Crippen molar-refractivity contribution in [1.29, 1.82) is 0 Å². The zero-order valence-corrected chi connectivity index (χ0v) is 19.9. The van der Waals surface area contributed by atoms with Crippen LogP contribution in [0.5, 0.6) is 0 Å². The molecule has 1 N–H and O–H groups in total. The lowest BCUT2D eigenvalue weighted by atomic mass is 10.1. The molecule has 4 aromatic rings. The van der Waals surface area contributed by atoms with Crippen molar-refractivity contribution in [3.05, 3.63) is 65.1 Å². The second-order valence-corrected chi connectivity index (χ2v) is 9.62. The molecule has 0 fully saturated rings. The molecule has 1 atom stereocenters. The first kappa shape index (κ1) is 21.7. The number of benzene rings is 1. The SMILES string of the molecule is Cc1c(SN2Cc3ccnn3C(C)C2)cc(C(=O)NCc2c(F)ccc3cnn(C)c23)n1C. The van der Waals surface area contributed by atoms with E-state index < -0.39 is 0 Å². The van der Waals surface area contributed by atoms with E-state index in [2.05, 4.69) is 31.4 Å². The molecule has 1 aliphatic rings. The molecule has 3 aromatic heterocycles. The van der Waals surface area contributed by atoms with Crippen LogP contribution in [-0.4, -0.2) is 40.9 Å². The van der Waals surface area contributed by atoms with Crippen molar-refractivity contribution in [3.8, 4) is 0 Å². The fourth-order valence-corrected chi connectivity index (χ4v) is 5.62. The normalized spacial score (nSPS) is 16.3. The van der Waals surface area contributed by atoms with Crippen molar-refractivity contribution in [2.24, 2.45) is 14.1 Å². The summed E-state index contributed by atoms with van der Waals surface area (Å²) in [6, 6.07) is 7.35. The first-order valence-corrected chi connectivity index (χ1v) is 11.6. The summed E-state index contributed by atoms with van der Waals surface area (Å²) < 4.78 is 22.4. The summed E-state index contributed by atoms with van der Waals surface area (Å²) in [4.78, 5) is 14.1. The van der Waals surface area contributed by atoms with Gasteiger partial charge in [0.2, 0.25) is 0 Å². The summed E-state index contributed by atoms with van der Waals surface area (Å²) in [5.41, 5.74) is 3.85. The van der Waals surface area contributed by atoms with Gasteiger partial charge in [0.25, 0.3) is 5.91 Å². The van der Waals surface area contributed by atoms with Gasteiger partial charge >= 0.3 is 0 Å². The van der Waals surface area contributed by atoms with Crippen LogP contribution in [-0.2, 0) is 27.2 Å². The third kappa shape index (κ3) is 3.83. The number of nitrogens with one attached hydrogen (secondary N) is 1. The number of hydrogen-bond donors (Lipinski definition) is 1. The molecular formula is C23H26FN7OS.